The van der Waals surface area contributed by atoms with Crippen LogP contribution in [0.1, 0.15) is 17.0 Å². The van der Waals surface area contributed by atoms with Crippen molar-refractivity contribution < 1.29 is 14.4 Å². The molecule has 0 bridgehead atoms. The molecule has 0 aliphatic carbocycles. The molecule has 0 saturated carbocycles. The number of ether oxygens (including phenoxy) is 1. The number of aryl methyl sites for hydroxylation is 1. The number of halogens is 1. The van der Waals surface area contributed by atoms with E-state index in [0.717, 1.165) is 11.1 Å². The monoisotopic (exact) mass is 367 g/mol. The fraction of sp³-hybridized carbons (Fsp3) is 0.105. The molecular formula is C19H14ClN3O3. The summed E-state index contributed by atoms with van der Waals surface area (Å²) in [4.78, 5) is 4.28. The SMILES string of the molecule is COc1cc(/C=C(\C#N)c2nc(-c3ccc(C)cc3)no2)cc(Cl)c1O. The van der Waals surface area contributed by atoms with Crippen molar-refractivity contribution in [1.29, 1.82) is 5.26 Å². The molecule has 26 heavy (non-hydrogen) atoms. The van der Waals surface area contributed by atoms with E-state index in [0.29, 0.717) is 11.4 Å². The number of hydrogen-bond acceptors (Lipinski definition) is 6. The van der Waals surface area contributed by atoms with Crippen LogP contribution in [0.5, 0.6) is 11.5 Å². The quantitative estimate of drug-likeness (QED) is 0.683. The van der Waals surface area contributed by atoms with Crippen molar-refractivity contribution in [2.75, 3.05) is 7.11 Å². The summed E-state index contributed by atoms with van der Waals surface area (Å²) in [7, 11) is 1.41. The summed E-state index contributed by atoms with van der Waals surface area (Å²) in [5.41, 5.74) is 2.63. The number of aromatic hydroxyl groups is 1. The van der Waals surface area contributed by atoms with Gasteiger partial charge in [0.15, 0.2) is 11.5 Å². The smallest absolute Gasteiger partial charge is 0.268 e. The van der Waals surface area contributed by atoms with Crippen LogP contribution >= 0.6 is 11.6 Å². The van der Waals surface area contributed by atoms with Crippen molar-refractivity contribution in [3.05, 3.63) is 58.4 Å². The lowest BCUT2D eigenvalue weighted by Gasteiger charge is -2.06. The first-order valence-corrected chi connectivity index (χ1v) is 7.99. The van der Waals surface area contributed by atoms with Crippen molar-refractivity contribution >= 4 is 23.3 Å². The number of nitriles is 1. The lowest BCUT2D eigenvalue weighted by molar-refractivity contribution is 0.373. The third-order valence-corrected chi connectivity index (χ3v) is 3.96. The molecule has 0 atom stereocenters. The van der Waals surface area contributed by atoms with Gasteiger partial charge in [-0.25, -0.2) is 0 Å². The van der Waals surface area contributed by atoms with E-state index in [1.165, 1.54) is 19.3 Å². The number of allylic oxidation sites excluding steroid dienone is 1. The number of nitrogens with zero attached hydrogens (tertiary/aromatic N) is 3. The van der Waals surface area contributed by atoms with Gasteiger partial charge < -0.3 is 14.4 Å². The molecule has 3 rings (SSSR count). The van der Waals surface area contributed by atoms with Crippen LogP contribution in [0.3, 0.4) is 0 Å². The maximum absolute atomic E-state index is 9.80. The predicted molar refractivity (Wildman–Crippen MR) is 97.6 cm³/mol. The minimum Gasteiger partial charge on any atom is -0.503 e. The molecule has 1 aromatic heterocycles. The number of benzene rings is 2. The Morgan fingerprint density at radius 1 is 1.31 bits per heavy atom. The maximum Gasteiger partial charge on any atom is 0.268 e. The number of hydrogen-bond donors (Lipinski definition) is 1. The fourth-order valence-corrected chi connectivity index (χ4v) is 2.51. The van der Waals surface area contributed by atoms with Gasteiger partial charge in [-0.05, 0) is 30.7 Å². The Kier molecular flexibility index (Phi) is 4.92. The van der Waals surface area contributed by atoms with E-state index in [2.05, 4.69) is 10.1 Å². The average molecular weight is 368 g/mol. The van der Waals surface area contributed by atoms with Gasteiger partial charge in [-0.1, -0.05) is 46.6 Å². The Balaban J connectivity index is 1.97. The van der Waals surface area contributed by atoms with Crippen molar-refractivity contribution in [2.24, 2.45) is 0 Å². The molecule has 0 spiro atoms. The molecule has 3 aromatic rings. The summed E-state index contributed by atoms with van der Waals surface area (Å²) in [6.07, 6.45) is 1.53. The lowest BCUT2D eigenvalue weighted by atomic mass is 10.1. The number of methoxy groups -OCH3 is 1. The Labute approximate surface area is 154 Å². The standard InChI is InChI=1S/C19H14ClN3O3/c1-11-3-5-13(6-4-11)18-22-19(26-23-18)14(10-21)7-12-8-15(20)17(24)16(9-12)25-2/h3-9,24H,1-2H3/b14-7+. The minimum atomic E-state index is -0.163. The molecule has 0 unspecified atom stereocenters. The van der Waals surface area contributed by atoms with E-state index in [-0.39, 0.29) is 28.0 Å². The summed E-state index contributed by atoms with van der Waals surface area (Å²) < 4.78 is 10.3. The molecule has 1 heterocycles. The average Bonchev–Trinajstić information content (AvgIpc) is 3.13. The molecule has 0 aliphatic heterocycles. The first-order valence-electron chi connectivity index (χ1n) is 7.61. The highest BCUT2D eigenvalue weighted by molar-refractivity contribution is 6.32. The van der Waals surface area contributed by atoms with Crippen LogP contribution in [0.2, 0.25) is 5.02 Å². The predicted octanol–water partition coefficient (Wildman–Crippen LogP) is 4.48. The van der Waals surface area contributed by atoms with Gasteiger partial charge >= 0.3 is 0 Å². The first-order chi connectivity index (χ1) is 12.5. The van der Waals surface area contributed by atoms with Crippen molar-refractivity contribution in [3.63, 3.8) is 0 Å². The molecule has 0 aliphatic rings. The Morgan fingerprint density at radius 3 is 2.69 bits per heavy atom. The second-order valence-electron chi connectivity index (χ2n) is 5.51. The molecule has 1 N–H and O–H groups in total. The van der Waals surface area contributed by atoms with Gasteiger partial charge in [0.1, 0.15) is 11.6 Å². The summed E-state index contributed by atoms with van der Waals surface area (Å²) in [5, 5.41) is 23.3. The molecule has 2 aromatic carbocycles. The summed E-state index contributed by atoms with van der Waals surface area (Å²) in [6.45, 7) is 1.99. The molecular weight excluding hydrogens is 354 g/mol. The highest BCUT2D eigenvalue weighted by atomic mass is 35.5. The third kappa shape index (κ3) is 3.53. The molecule has 0 amide bonds. The summed E-state index contributed by atoms with van der Waals surface area (Å²) >= 11 is 5.97. The van der Waals surface area contributed by atoms with E-state index in [1.54, 1.807) is 6.07 Å². The number of aromatic nitrogens is 2. The normalized spacial score (nSPS) is 11.2. The van der Waals surface area contributed by atoms with Gasteiger partial charge in [-0.15, -0.1) is 0 Å². The van der Waals surface area contributed by atoms with Crippen LogP contribution in [0.4, 0.5) is 0 Å². The van der Waals surface area contributed by atoms with Crippen LogP contribution < -0.4 is 4.74 Å². The van der Waals surface area contributed by atoms with Crippen LogP contribution in [0, 0.1) is 18.3 Å². The van der Waals surface area contributed by atoms with Gasteiger partial charge in [0, 0.05) is 5.56 Å². The Bertz CT molecular complexity index is 1020. The molecule has 0 radical (unpaired) electrons. The van der Waals surface area contributed by atoms with Gasteiger partial charge in [-0.3, -0.25) is 0 Å². The molecule has 0 saturated heterocycles. The molecule has 0 fully saturated rings. The molecule has 130 valence electrons. The topological polar surface area (TPSA) is 92.2 Å². The summed E-state index contributed by atoms with van der Waals surface area (Å²) in [6, 6.07) is 12.7. The minimum absolute atomic E-state index is 0.0891. The van der Waals surface area contributed by atoms with Gasteiger partial charge in [-0.2, -0.15) is 10.2 Å². The van der Waals surface area contributed by atoms with Crippen molar-refractivity contribution in [3.8, 4) is 29.0 Å². The van der Waals surface area contributed by atoms with Gasteiger partial charge in [0.2, 0.25) is 5.82 Å². The van der Waals surface area contributed by atoms with Crippen LogP contribution in [0.25, 0.3) is 23.0 Å². The zero-order chi connectivity index (χ0) is 18.7. The zero-order valence-corrected chi connectivity index (χ0v) is 14.8. The summed E-state index contributed by atoms with van der Waals surface area (Å²) in [5.74, 6) is 0.518. The second kappa shape index (κ2) is 7.30. The van der Waals surface area contributed by atoms with E-state index >= 15 is 0 Å². The Morgan fingerprint density at radius 2 is 2.04 bits per heavy atom. The van der Waals surface area contributed by atoms with E-state index in [1.807, 2.05) is 37.3 Å². The Hall–Kier alpha value is -3.30. The zero-order valence-electron chi connectivity index (χ0n) is 14.0. The van der Waals surface area contributed by atoms with E-state index in [4.69, 9.17) is 20.9 Å². The van der Waals surface area contributed by atoms with Gasteiger partial charge in [0.25, 0.3) is 5.89 Å². The van der Waals surface area contributed by atoms with Crippen LogP contribution in [-0.2, 0) is 0 Å². The second-order valence-corrected chi connectivity index (χ2v) is 5.92. The van der Waals surface area contributed by atoms with Crippen molar-refractivity contribution in [2.45, 2.75) is 6.92 Å². The van der Waals surface area contributed by atoms with Gasteiger partial charge in [0.05, 0.1) is 12.1 Å². The largest absolute Gasteiger partial charge is 0.503 e. The van der Waals surface area contributed by atoms with E-state index in [9.17, 15) is 10.4 Å². The molecule has 6 nitrogen and oxygen atoms in total. The lowest BCUT2D eigenvalue weighted by Crippen LogP contribution is -1.87. The number of rotatable bonds is 4. The van der Waals surface area contributed by atoms with Crippen LogP contribution in [0.15, 0.2) is 40.9 Å². The van der Waals surface area contributed by atoms with Crippen molar-refractivity contribution in [1.82, 2.24) is 10.1 Å². The first kappa shape index (κ1) is 17.5. The highest BCUT2D eigenvalue weighted by Crippen LogP contribution is 2.36. The maximum atomic E-state index is 9.80. The highest BCUT2D eigenvalue weighted by Gasteiger charge is 2.14. The van der Waals surface area contributed by atoms with E-state index < -0.39 is 0 Å². The fourth-order valence-electron chi connectivity index (χ4n) is 2.29. The number of phenols is 1. The molecule has 7 heteroatoms. The number of phenolic OH excluding ortho intramolecular Hbond substituents is 1. The van der Waals surface area contributed by atoms with Crippen LogP contribution in [-0.4, -0.2) is 22.4 Å². The third-order valence-electron chi connectivity index (χ3n) is 3.67.